The molecule has 1 rings (SSSR count). The SMILES string of the molecule is COC(=O)CC(C)Nc1ncccc1C(N)=S. The maximum Gasteiger partial charge on any atom is 0.307 e. The summed E-state index contributed by atoms with van der Waals surface area (Å²) in [5.74, 6) is 0.300. The maximum absolute atomic E-state index is 11.1. The number of carbonyl (C=O) groups excluding carboxylic acids is 1. The normalized spacial score (nSPS) is 11.6. The molecule has 0 aliphatic rings. The maximum atomic E-state index is 11.1. The van der Waals surface area contributed by atoms with Crippen LogP contribution < -0.4 is 11.1 Å². The number of nitrogens with two attached hydrogens (primary N) is 1. The average molecular weight is 253 g/mol. The fraction of sp³-hybridized carbons (Fsp3) is 0.364. The van der Waals surface area contributed by atoms with Crippen LogP contribution in [0.4, 0.5) is 5.82 Å². The van der Waals surface area contributed by atoms with Crippen molar-refractivity contribution in [2.24, 2.45) is 5.73 Å². The first-order valence-electron chi connectivity index (χ1n) is 5.12. The summed E-state index contributed by atoms with van der Waals surface area (Å²) in [7, 11) is 1.36. The summed E-state index contributed by atoms with van der Waals surface area (Å²) < 4.78 is 4.59. The quantitative estimate of drug-likeness (QED) is 0.604. The minimum absolute atomic E-state index is 0.106. The Kier molecular flexibility index (Phi) is 4.84. The molecule has 0 amide bonds. The molecular formula is C11H15N3O2S. The number of carbonyl (C=O) groups is 1. The van der Waals surface area contributed by atoms with Crippen LogP contribution in [0.15, 0.2) is 18.3 Å². The second-order valence-electron chi connectivity index (χ2n) is 3.59. The van der Waals surface area contributed by atoms with E-state index in [0.717, 1.165) is 0 Å². The van der Waals surface area contributed by atoms with E-state index in [9.17, 15) is 4.79 Å². The number of anilines is 1. The van der Waals surface area contributed by atoms with Gasteiger partial charge in [-0.05, 0) is 19.1 Å². The lowest BCUT2D eigenvalue weighted by molar-refractivity contribution is -0.140. The largest absolute Gasteiger partial charge is 0.469 e. The molecule has 92 valence electrons. The Labute approximate surface area is 105 Å². The monoisotopic (exact) mass is 253 g/mol. The number of aromatic nitrogens is 1. The van der Waals surface area contributed by atoms with Gasteiger partial charge in [-0.1, -0.05) is 12.2 Å². The highest BCUT2D eigenvalue weighted by Gasteiger charge is 2.12. The van der Waals surface area contributed by atoms with Crippen LogP contribution in [0, 0.1) is 0 Å². The molecule has 1 aromatic heterocycles. The van der Waals surface area contributed by atoms with Crippen LogP contribution in [-0.2, 0) is 9.53 Å². The molecule has 0 saturated heterocycles. The third-order valence-electron chi connectivity index (χ3n) is 2.16. The molecule has 0 aromatic carbocycles. The van der Waals surface area contributed by atoms with Crippen LogP contribution >= 0.6 is 12.2 Å². The van der Waals surface area contributed by atoms with E-state index in [1.807, 2.05) is 6.92 Å². The van der Waals surface area contributed by atoms with Gasteiger partial charge in [-0.2, -0.15) is 0 Å². The first kappa shape index (κ1) is 13.4. The van der Waals surface area contributed by atoms with Gasteiger partial charge >= 0.3 is 5.97 Å². The minimum Gasteiger partial charge on any atom is -0.469 e. The number of nitrogens with one attached hydrogen (secondary N) is 1. The Bertz CT molecular complexity index is 423. The smallest absolute Gasteiger partial charge is 0.307 e. The first-order chi connectivity index (χ1) is 8.04. The lowest BCUT2D eigenvalue weighted by atomic mass is 10.2. The summed E-state index contributed by atoms with van der Waals surface area (Å²) in [5, 5.41) is 3.08. The summed E-state index contributed by atoms with van der Waals surface area (Å²) in [6.07, 6.45) is 1.89. The topological polar surface area (TPSA) is 77.2 Å². The zero-order chi connectivity index (χ0) is 12.8. The molecule has 1 atom stereocenters. The Morgan fingerprint density at radius 3 is 3.00 bits per heavy atom. The lowest BCUT2D eigenvalue weighted by Gasteiger charge is -2.15. The van der Waals surface area contributed by atoms with E-state index in [1.54, 1.807) is 18.3 Å². The van der Waals surface area contributed by atoms with E-state index in [1.165, 1.54) is 7.11 Å². The Morgan fingerprint density at radius 2 is 2.41 bits per heavy atom. The van der Waals surface area contributed by atoms with Gasteiger partial charge in [-0.3, -0.25) is 4.79 Å². The van der Waals surface area contributed by atoms with Crippen LogP contribution in [-0.4, -0.2) is 29.1 Å². The van der Waals surface area contributed by atoms with Gasteiger partial charge in [0.1, 0.15) is 10.8 Å². The number of esters is 1. The molecule has 0 saturated carbocycles. The summed E-state index contributed by atoms with van der Waals surface area (Å²) in [4.78, 5) is 15.5. The molecule has 6 heteroatoms. The Balaban J connectivity index is 2.74. The zero-order valence-electron chi connectivity index (χ0n) is 9.77. The summed E-state index contributed by atoms with van der Waals surface area (Å²) >= 11 is 4.92. The van der Waals surface area contributed by atoms with Gasteiger partial charge in [-0.15, -0.1) is 0 Å². The van der Waals surface area contributed by atoms with E-state index in [2.05, 4.69) is 15.0 Å². The number of methoxy groups -OCH3 is 1. The fourth-order valence-corrected chi connectivity index (χ4v) is 1.50. The molecule has 0 aliphatic carbocycles. The number of ether oxygens (including phenoxy) is 1. The standard InChI is InChI=1S/C11H15N3O2S/c1-7(6-9(15)16-2)14-11-8(10(12)17)4-3-5-13-11/h3-5,7H,6H2,1-2H3,(H2,12,17)(H,13,14). The van der Waals surface area contributed by atoms with Crippen LogP contribution in [0.1, 0.15) is 18.9 Å². The molecule has 17 heavy (non-hydrogen) atoms. The van der Waals surface area contributed by atoms with Crippen LogP contribution in [0.2, 0.25) is 0 Å². The second-order valence-corrected chi connectivity index (χ2v) is 4.03. The number of pyridine rings is 1. The van der Waals surface area contributed by atoms with Crippen molar-refractivity contribution in [3.8, 4) is 0 Å². The van der Waals surface area contributed by atoms with Gasteiger partial charge in [0.15, 0.2) is 0 Å². The number of hydrogen-bond donors (Lipinski definition) is 2. The Morgan fingerprint density at radius 1 is 1.71 bits per heavy atom. The summed E-state index contributed by atoms with van der Waals surface area (Å²) in [6, 6.07) is 3.43. The molecule has 0 aliphatic heterocycles. The van der Waals surface area contributed by atoms with Crippen molar-refractivity contribution in [2.75, 3.05) is 12.4 Å². The van der Waals surface area contributed by atoms with Crippen molar-refractivity contribution in [2.45, 2.75) is 19.4 Å². The predicted octanol–water partition coefficient (Wildman–Crippen LogP) is 1.08. The summed E-state index contributed by atoms with van der Waals surface area (Å²) in [6.45, 7) is 1.86. The van der Waals surface area contributed by atoms with E-state index >= 15 is 0 Å². The summed E-state index contributed by atoms with van der Waals surface area (Å²) in [5.41, 5.74) is 6.24. The zero-order valence-corrected chi connectivity index (χ0v) is 10.6. The highest BCUT2D eigenvalue weighted by atomic mass is 32.1. The molecule has 3 N–H and O–H groups in total. The third-order valence-corrected chi connectivity index (χ3v) is 2.38. The van der Waals surface area contributed by atoms with Gasteiger partial charge in [0.05, 0.1) is 19.1 Å². The van der Waals surface area contributed by atoms with Gasteiger partial charge in [-0.25, -0.2) is 4.98 Å². The van der Waals surface area contributed by atoms with Crippen molar-refractivity contribution >= 4 is 29.0 Å². The van der Waals surface area contributed by atoms with Crippen molar-refractivity contribution in [3.05, 3.63) is 23.9 Å². The predicted molar refractivity (Wildman–Crippen MR) is 69.8 cm³/mol. The molecule has 1 aromatic rings. The molecule has 0 bridgehead atoms. The molecular weight excluding hydrogens is 238 g/mol. The van der Waals surface area contributed by atoms with Crippen molar-refractivity contribution in [1.29, 1.82) is 0 Å². The Hall–Kier alpha value is -1.69. The number of rotatable bonds is 5. The number of thiocarbonyl (C=S) groups is 1. The highest BCUT2D eigenvalue weighted by molar-refractivity contribution is 7.80. The van der Waals surface area contributed by atoms with Crippen LogP contribution in [0.25, 0.3) is 0 Å². The van der Waals surface area contributed by atoms with Crippen LogP contribution in [0.3, 0.4) is 0 Å². The third kappa shape index (κ3) is 3.99. The van der Waals surface area contributed by atoms with Gasteiger partial charge in [0.25, 0.3) is 0 Å². The van der Waals surface area contributed by atoms with Crippen molar-refractivity contribution < 1.29 is 9.53 Å². The second kappa shape index (κ2) is 6.15. The molecule has 1 unspecified atom stereocenters. The molecule has 1 heterocycles. The van der Waals surface area contributed by atoms with Crippen molar-refractivity contribution in [3.63, 3.8) is 0 Å². The van der Waals surface area contributed by atoms with E-state index in [0.29, 0.717) is 11.4 Å². The molecule has 0 spiro atoms. The molecule has 0 fully saturated rings. The average Bonchev–Trinajstić information content (AvgIpc) is 2.29. The van der Waals surface area contributed by atoms with E-state index < -0.39 is 0 Å². The van der Waals surface area contributed by atoms with Gasteiger partial charge in [0.2, 0.25) is 0 Å². The van der Waals surface area contributed by atoms with Crippen LogP contribution in [0.5, 0.6) is 0 Å². The number of nitrogens with zero attached hydrogens (tertiary/aromatic N) is 1. The lowest BCUT2D eigenvalue weighted by Crippen LogP contribution is -2.23. The highest BCUT2D eigenvalue weighted by Crippen LogP contribution is 2.13. The van der Waals surface area contributed by atoms with Crippen molar-refractivity contribution in [1.82, 2.24) is 4.98 Å². The minimum atomic E-state index is -0.280. The van der Waals surface area contributed by atoms with Gasteiger partial charge in [0, 0.05) is 12.2 Å². The van der Waals surface area contributed by atoms with E-state index in [-0.39, 0.29) is 23.4 Å². The van der Waals surface area contributed by atoms with E-state index in [4.69, 9.17) is 18.0 Å². The first-order valence-corrected chi connectivity index (χ1v) is 5.53. The molecule has 5 nitrogen and oxygen atoms in total. The molecule has 0 radical (unpaired) electrons. The number of hydrogen-bond acceptors (Lipinski definition) is 5. The fourth-order valence-electron chi connectivity index (χ4n) is 1.34. The van der Waals surface area contributed by atoms with Gasteiger partial charge < -0.3 is 15.8 Å².